The standard InChI is InChI=1S/C15H12F3NO2S/c16-15(17,18)10-3-5-11(6-4-10)19-14(21)8-7-12(20)13-2-1-9-22-13/h1-6,9H,7-8H2,(H,19,21). The molecule has 1 amide bonds. The van der Waals surface area contributed by atoms with Crippen molar-refractivity contribution in [3.05, 3.63) is 52.2 Å². The lowest BCUT2D eigenvalue weighted by molar-refractivity contribution is -0.137. The SMILES string of the molecule is O=C(CCC(=O)c1cccs1)Nc1ccc(C(F)(F)F)cc1. The summed E-state index contributed by atoms with van der Waals surface area (Å²) in [7, 11) is 0. The van der Waals surface area contributed by atoms with Gasteiger partial charge in [-0.05, 0) is 35.7 Å². The molecule has 0 saturated carbocycles. The third-order valence-electron chi connectivity index (χ3n) is 2.87. The van der Waals surface area contributed by atoms with Gasteiger partial charge in [-0.2, -0.15) is 13.2 Å². The molecule has 116 valence electrons. The predicted octanol–water partition coefficient (Wildman–Crippen LogP) is 4.37. The van der Waals surface area contributed by atoms with Gasteiger partial charge in [-0.1, -0.05) is 6.07 Å². The van der Waals surface area contributed by atoms with Crippen LogP contribution >= 0.6 is 11.3 Å². The Bertz CT molecular complexity index is 648. The summed E-state index contributed by atoms with van der Waals surface area (Å²) in [6.07, 6.45) is -4.36. The molecule has 3 nitrogen and oxygen atoms in total. The van der Waals surface area contributed by atoms with Gasteiger partial charge >= 0.3 is 6.18 Å². The van der Waals surface area contributed by atoms with E-state index in [1.54, 1.807) is 17.5 Å². The van der Waals surface area contributed by atoms with E-state index in [9.17, 15) is 22.8 Å². The fourth-order valence-corrected chi connectivity index (χ4v) is 2.45. The Hall–Kier alpha value is -2.15. The molecule has 0 unspecified atom stereocenters. The second-order valence-electron chi connectivity index (χ2n) is 4.52. The Morgan fingerprint density at radius 3 is 2.27 bits per heavy atom. The predicted molar refractivity (Wildman–Crippen MR) is 78.0 cm³/mol. The summed E-state index contributed by atoms with van der Waals surface area (Å²) in [6.45, 7) is 0. The summed E-state index contributed by atoms with van der Waals surface area (Å²) in [5.41, 5.74) is -0.514. The summed E-state index contributed by atoms with van der Waals surface area (Å²) >= 11 is 1.30. The van der Waals surface area contributed by atoms with Crippen LogP contribution < -0.4 is 5.32 Å². The maximum atomic E-state index is 12.4. The molecule has 0 aliphatic carbocycles. The molecule has 1 aromatic heterocycles. The zero-order valence-electron chi connectivity index (χ0n) is 11.3. The second-order valence-corrected chi connectivity index (χ2v) is 5.47. The summed E-state index contributed by atoms with van der Waals surface area (Å²) in [4.78, 5) is 24.0. The average Bonchev–Trinajstić information content (AvgIpc) is 2.98. The maximum Gasteiger partial charge on any atom is 0.416 e. The molecule has 1 aromatic carbocycles. The zero-order valence-corrected chi connectivity index (χ0v) is 12.1. The van der Waals surface area contributed by atoms with E-state index in [0.717, 1.165) is 12.1 Å². The number of nitrogens with one attached hydrogen (secondary N) is 1. The lowest BCUT2D eigenvalue weighted by Gasteiger charge is -2.08. The highest BCUT2D eigenvalue weighted by Crippen LogP contribution is 2.29. The van der Waals surface area contributed by atoms with Crippen LogP contribution in [0.2, 0.25) is 0 Å². The van der Waals surface area contributed by atoms with Crippen molar-refractivity contribution < 1.29 is 22.8 Å². The van der Waals surface area contributed by atoms with E-state index in [4.69, 9.17) is 0 Å². The number of benzene rings is 1. The van der Waals surface area contributed by atoms with Gasteiger partial charge in [-0.3, -0.25) is 9.59 Å². The van der Waals surface area contributed by atoms with Crippen LogP contribution in [-0.2, 0) is 11.0 Å². The van der Waals surface area contributed by atoms with Gasteiger partial charge in [-0.15, -0.1) is 11.3 Å². The molecule has 2 rings (SSSR count). The van der Waals surface area contributed by atoms with E-state index in [1.165, 1.54) is 23.5 Å². The number of hydrogen-bond acceptors (Lipinski definition) is 3. The zero-order chi connectivity index (χ0) is 16.2. The number of carbonyl (C=O) groups is 2. The molecule has 0 bridgehead atoms. The van der Waals surface area contributed by atoms with Crippen molar-refractivity contribution >= 4 is 28.7 Å². The van der Waals surface area contributed by atoms with E-state index in [-0.39, 0.29) is 24.3 Å². The molecular formula is C15H12F3NO2S. The van der Waals surface area contributed by atoms with Crippen LogP contribution in [0.1, 0.15) is 28.1 Å². The summed E-state index contributed by atoms with van der Waals surface area (Å²) in [5, 5.41) is 4.24. The molecular weight excluding hydrogens is 315 g/mol. The molecule has 0 aliphatic heterocycles. The van der Waals surface area contributed by atoms with Gasteiger partial charge in [0.25, 0.3) is 0 Å². The van der Waals surface area contributed by atoms with E-state index in [0.29, 0.717) is 4.88 Å². The molecule has 0 spiro atoms. The van der Waals surface area contributed by atoms with E-state index >= 15 is 0 Å². The Morgan fingerprint density at radius 1 is 1.05 bits per heavy atom. The average molecular weight is 327 g/mol. The van der Waals surface area contributed by atoms with Gasteiger partial charge in [0.2, 0.25) is 5.91 Å². The van der Waals surface area contributed by atoms with Crippen LogP contribution in [0.3, 0.4) is 0 Å². The topological polar surface area (TPSA) is 46.2 Å². The van der Waals surface area contributed by atoms with Crippen LogP contribution in [0.25, 0.3) is 0 Å². The molecule has 0 atom stereocenters. The van der Waals surface area contributed by atoms with Gasteiger partial charge in [0.15, 0.2) is 5.78 Å². The van der Waals surface area contributed by atoms with Crippen molar-refractivity contribution in [1.82, 2.24) is 0 Å². The monoisotopic (exact) mass is 327 g/mol. The Morgan fingerprint density at radius 2 is 1.73 bits per heavy atom. The van der Waals surface area contributed by atoms with Crippen molar-refractivity contribution in [3.63, 3.8) is 0 Å². The van der Waals surface area contributed by atoms with Gasteiger partial charge < -0.3 is 5.32 Å². The largest absolute Gasteiger partial charge is 0.416 e. The molecule has 1 N–H and O–H groups in total. The number of rotatable bonds is 5. The summed E-state index contributed by atoms with van der Waals surface area (Å²) in [6, 6.07) is 7.59. The first-order valence-electron chi connectivity index (χ1n) is 6.40. The Balaban J connectivity index is 1.86. The normalized spacial score (nSPS) is 11.2. The highest BCUT2D eigenvalue weighted by Gasteiger charge is 2.29. The fourth-order valence-electron chi connectivity index (χ4n) is 1.75. The molecule has 0 saturated heterocycles. The van der Waals surface area contributed by atoms with Crippen molar-refractivity contribution in [2.45, 2.75) is 19.0 Å². The van der Waals surface area contributed by atoms with E-state index in [2.05, 4.69) is 5.32 Å². The van der Waals surface area contributed by atoms with Crippen LogP contribution in [-0.4, -0.2) is 11.7 Å². The first kappa shape index (κ1) is 16.2. The number of alkyl halides is 3. The lowest BCUT2D eigenvalue weighted by Crippen LogP contribution is -2.13. The Kier molecular flexibility index (Phi) is 4.97. The lowest BCUT2D eigenvalue weighted by atomic mass is 10.1. The van der Waals surface area contributed by atoms with Crippen molar-refractivity contribution in [3.8, 4) is 0 Å². The smallest absolute Gasteiger partial charge is 0.326 e. The van der Waals surface area contributed by atoms with E-state index in [1.807, 2.05) is 0 Å². The van der Waals surface area contributed by atoms with Crippen LogP contribution in [0.4, 0.5) is 18.9 Å². The van der Waals surface area contributed by atoms with Gasteiger partial charge in [0.05, 0.1) is 10.4 Å². The summed E-state index contributed by atoms with van der Waals surface area (Å²) in [5.74, 6) is -0.540. The molecule has 1 heterocycles. The van der Waals surface area contributed by atoms with Crippen molar-refractivity contribution in [2.75, 3.05) is 5.32 Å². The molecule has 7 heteroatoms. The van der Waals surface area contributed by atoms with Crippen LogP contribution in [0.15, 0.2) is 41.8 Å². The fraction of sp³-hybridized carbons (Fsp3) is 0.200. The second kappa shape index (κ2) is 6.74. The van der Waals surface area contributed by atoms with Gasteiger partial charge in [-0.25, -0.2) is 0 Å². The number of amides is 1. The first-order valence-corrected chi connectivity index (χ1v) is 7.28. The first-order chi connectivity index (χ1) is 10.4. The number of halogens is 3. The van der Waals surface area contributed by atoms with Gasteiger partial charge in [0.1, 0.15) is 0 Å². The van der Waals surface area contributed by atoms with Crippen molar-refractivity contribution in [1.29, 1.82) is 0 Å². The molecule has 0 fully saturated rings. The quantitative estimate of drug-likeness (QED) is 0.829. The number of carbonyl (C=O) groups excluding carboxylic acids is 2. The maximum absolute atomic E-state index is 12.4. The number of anilines is 1. The highest BCUT2D eigenvalue weighted by atomic mass is 32.1. The number of hydrogen-bond donors (Lipinski definition) is 1. The van der Waals surface area contributed by atoms with Crippen LogP contribution in [0, 0.1) is 0 Å². The van der Waals surface area contributed by atoms with Crippen molar-refractivity contribution in [2.24, 2.45) is 0 Å². The highest BCUT2D eigenvalue weighted by molar-refractivity contribution is 7.12. The minimum atomic E-state index is -4.41. The van der Waals surface area contributed by atoms with Crippen LogP contribution in [0.5, 0.6) is 0 Å². The minimum absolute atomic E-state index is 0.0161. The number of thiophene rings is 1. The summed E-state index contributed by atoms with van der Waals surface area (Å²) < 4.78 is 37.2. The minimum Gasteiger partial charge on any atom is -0.326 e. The molecule has 2 aromatic rings. The van der Waals surface area contributed by atoms with Gasteiger partial charge in [0, 0.05) is 18.5 Å². The third kappa shape index (κ3) is 4.42. The van der Waals surface area contributed by atoms with E-state index < -0.39 is 17.6 Å². The Labute approximate surface area is 128 Å². The molecule has 22 heavy (non-hydrogen) atoms. The number of ketones is 1. The molecule has 0 aliphatic rings. The molecule has 0 radical (unpaired) electrons. The third-order valence-corrected chi connectivity index (χ3v) is 3.78. The number of Topliss-reactive ketones (excluding diaryl/α,β-unsaturated/α-hetero) is 1.